The highest BCUT2D eigenvalue weighted by molar-refractivity contribution is 7.13. The second kappa shape index (κ2) is 9.77. The van der Waals surface area contributed by atoms with Crippen LogP contribution in [0.15, 0.2) is 58.7 Å². The standard InChI is InChI=1S/C26H26N4O3S/c1-17-24(34-16-29-17)22-10-9-19(13-27-22)26(31)30-11-5-7-20(15-30)25-28-14-21(33-25)12-18-6-3-4-8-23(18)32-2/h3-4,6,8-10,13-14,16,20H,5,7,11-12,15H2,1-2H3. The SMILES string of the molecule is COc1ccccc1Cc1cnc(C2CCCN(C(=O)c3ccc(-c4scnc4C)nc3)C2)o1. The van der Waals surface area contributed by atoms with Crippen LogP contribution in [0.5, 0.6) is 5.75 Å². The molecule has 1 unspecified atom stereocenters. The Morgan fingerprint density at radius 1 is 1.18 bits per heavy atom. The van der Waals surface area contributed by atoms with Gasteiger partial charge in [0.1, 0.15) is 11.5 Å². The largest absolute Gasteiger partial charge is 0.496 e. The van der Waals surface area contributed by atoms with E-state index < -0.39 is 0 Å². The molecule has 174 valence electrons. The van der Waals surface area contributed by atoms with E-state index in [9.17, 15) is 4.79 Å². The van der Waals surface area contributed by atoms with E-state index >= 15 is 0 Å². The summed E-state index contributed by atoms with van der Waals surface area (Å²) in [6.07, 6.45) is 5.92. The van der Waals surface area contributed by atoms with Crippen LogP contribution in [0.4, 0.5) is 0 Å². The number of oxazole rings is 1. The third kappa shape index (κ3) is 4.59. The first-order valence-corrected chi connectivity index (χ1v) is 12.2. The molecule has 7 nitrogen and oxygen atoms in total. The Hall–Kier alpha value is -3.52. The predicted octanol–water partition coefficient (Wildman–Crippen LogP) is 5.12. The van der Waals surface area contributed by atoms with Gasteiger partial charge in [0, 0.05) is 31.3 Å². The van der Waals surface area contributed by atoms with Crippen LogP contribution in [-0.2, 0) is 6.42 Å². The fourth-order valence-corrected chi connectivity index (χ4v) is 5.16. The summed E-state index contributed by atoms with van der Waals surface area (Å²) in [5.41, 5.74) is 5.25. The summed E-state index contributed by atoms with van der Waals surface area (Å²) >= 11 is 1.55. The first kappa shape index (κ1) is 22.3. The zero-order valence-electron chi connectivity index (χ0n) is 19.2. The Kier molecular flexibility index (Phi) is 6.40. The fraction of sp³-hybridized carbons (Fsp3) is 0.308. The maximum atomic E-state index is 13.2. The van der Waals surface area contributed by atoms with Gasteiger partial charge in [-0.2, -0.15) is 0 Å². The number of hydrogen-bond donors (Lipinski definition) is 0. The molecule has 34 heavy (non-hydrogen) atoms. The second-order valence-corrected chi connectivity index (χ2v) is 9.30. The van der Waals surface area contributed by atoms with Gasteiger partial charge in [-0.3, -0.25) is 9.78 Å². The molecule has 0 spiro atoms. The van der Waals surface area contributed by atoms with Crippen molar-refractivity contribution in [3.63, 3.8) is 0 Å². The number of piperidine rings is 1. The van der Waals surface area contributed by atoms with E-state index in [0.29, 0.717) is 24.4 Å². The molecule has 1 aliphatic rings. The number of carbonyl (C=O) groups is 1. The van der Waals surface area contributed by atoms with Gasteiger partial charge in [0.15, 0.2) is 5.89 Å². The summed E-state index contributed by atoms with van der Waals surface area (Å²) in [6, 6.07) is 11.6. The van der Waals surface area contributed by atoms with Gasteiger partial charge in [-0.05, 0) is 38.0 Å². The number of rotatable bonds is 6. The smallest absolute Gasteiger partial charge is 0.255 e. The monoisotopic (exact) mass is 474 g/mol. The van der Waals surface area contributed by atoms with Crippen molar-refractivity contribution in [2.45, 2.75) is 32.1 Å². The average molecular weight is 475 g/mol. The topological polar surface area (TPSA) is 81.4 Å². The summed E-state index contributed by atoms with van der Waals surface area (Å²) < 4.78 is 11.6. The fourth-order valence-electron chi connectivity index (χ4n) is 4.38. The number of hydrogen-bond acceptors (Lipinski definition) is 7. The molecule has 0 N–H and O–H groups in total. The van der Waals surface area contributed by atoms with Gasteiger partial charge in [-0.1, -0.05) is 18.2 Å². The summed E-state index contributed by atoms with van der Waals surface area (Å²) in [7, 11) is 1.67. The lowest BCUT2D eigenvalue weighted by Crippen LogP contribution is -2.39. The van der Waals surface area contributed by atoms with Gasteiger partial charge in [0.25, 0.3) is 5.91 Å². The Balaban J connectivity index is 1.26. The lowest BCUT2D eigenvalue weighted by atomic mass is 9.97. The van der Waals surface area contributed by atoms with E-state index in [4.69, 9.17) is 9.15 Å². The van der Waals surface area contributed by atoms with Gasteiger partial charge in [0.2, 0.25) is 0 Å². The highest BCUT2D eigenvalue weighted by Gasteiger charge is 2.28. The molecule has 4 aromatic rings. The van der Waals surface area contributed by atoms with Gasteiger partial charge in [-0.25, -0.2) is 9.97 Å². The first-order chi connectivity index (χ1) is 16.6. The zero-order chi connectivity index (χ0) is 23.5. The molecule has 3 aromatic heterocycles. The molecular weight excluding hydrogens is 448 g/mol. The molecule has 1 amide bonds. The van der Waals surface area contributed by atoms with Crippen LogP contribution in [0.1, 0.15) is 52.0 Å². The van der Waals surface area contributed by atoms with Gasteiger partial charge < -0.3 is 14.1 Å². The van der Waals surface area contributed by atoms with Crippen molar-refractivity contribution in [1.29, 1.82) is 0 Å². The highest BCUT2D eigenvalue weighted by atomic mass is 32.1. The average Bonchev–Trinajstić information content (AvgIpc) is 3.53. The summed E-state index contributed by atoms with van der Waals surface area (Å²) in [5, 5.41) is 0. The number of pyridine rings is 1. The van der Waals surface area contributed by atoms with Gasteiger partial charge >= 0.3 is 0 Å². The van der Waals surface area contributed by atoms with Crippen LogP contribution in [0.3, 0.4) is 0 Å². The number of nitrogens with zero attached hydrogens (tertiary/aromatic N) is 4. The van der Waals surface area contributed by atoms with Crippen LogP contribution >= 0.6 is 11.3 Å². The minimum atomic E-state index is -0.00872. The zero-order valence-corrected chi connectivity index (χ0v) is 20.0. The predicted molar refractivity (Wildman–Crippen MR) is 130 cm³/mol. The molecule has 1 aromatic carbocycles. The summed E-state index contributed by atoms with van der Waals surface area (Å²) in [6.45, 7) is 3.27. The van der Waals surface area contributed by atoms with Crippen molar-refractivity contribution in [1.82, 2.24) is 19.9 Å². The minimum absolute atomic E-state index is 0.00872. The van der Waals surface area contributed by atoms with Crippen LogP contribution in [0.25, 0.3) is 10.6 Å². The van der Waals surface area contributed by atoms with Crippen molar-refractivity contribution < 1.29 is 13.9 Å². The molecule has 0 saturated carbocycles. The summed E-state index contributed by atoms with van der Waals surface area (Å²) in [5.74, 6) is 2.39. The van der Waals surface area contributed by atoms with Crippen molar-refractivity contribution in [3.8, 4) is 16.3 Å². The maximum absolute atomic E-state index is 13.2. The van der Waals surface area contributed by atoms with E-state index in [1.54, 1.807) is 30.8 Å². The van der Waals surface area contributed by atoms with Crippen LogP contribution in [0, 0.1) is 6.92 Å². The number of aromatic nitrogens is 3. The number of methoxy groups -OCH3 is 1. The molecule has 1 atom stereocenters. The summed E-state index contributed by atoms with van der Waals surface area (Å²) in [4.78, 5) is 29.4. The Bertz CT molecular complexity index is 1280. The number of likely N-dealkylation sites (tertiary alicyclic amines) is 1. The van der Waals surface area contributed by atoms with Gasteiger partial charge in [0.05, 0.1) is 46.6 Å². The number of thiazole rings is 1. The molecule has 0 bridgehead atoms. The Morgan fingerprint density at radius 2 is 2.06 bits per heavy atom. The molecule has 1 saturated heterocycles. The van der Waals surface area contributed by atoms with E-state index in [2.05, 4.69) is 15.0 Å². The molecule has 8 heteroatoms. The van der Waals surface area contributed by atoms with E-state index in [-0.39, 0.29) is 11.8 Å². The first-order valence-electron chi connectivity index (χ1n) is 11.3. The van der Waals surface area contributed by atoms with Crippen LogP contribution in [0.2, 0.25) is 0 Å². The number of ether oxygens (including phenoxy) is 1. The number of para-hydroxylation sites is 1. The molecule has 5 rings (SSSR count). The van der Waals surface area contributed by atoms with Crippen LogP contribution in [-0.4, -0.2) is 46.0 Å². The number of carbonyl (C=O) groups excluding carboxylic acids is 1. The van der Waals surface area contributed by atoms with Crippen molar-refractivity contribution in [3.05, 3.63) is 82.8 Å². The Labute approximate surface area is 202 Å². The molecule has 1 fully saturated rings. The van der Waals surface area contributed by atoms with E-state index in [1.165, 1.54) is 0 Å². The minimum Gasteiger partial charge on any atom is -0.496 e. The lowest BCUT2D eigenvalue weighted by Gasteiger charge is -2.31. The highest BCUT2D eigenvalue weighted by Crippen LogP contribution is 2.30. The molecule has 1 aliphatic heterocycles. The molecule has 0 radical (unpaired) electrons. The van der Waals surface area contributed by atoms with Crippen LogP contribution < -0.4 is 4.74 Å². The third-order valence-corrected chi connectivity index (χ3v) is 7.13. The second-order valence-electron chi connectivity index (χ2n) is 8.44. The van der Waals surface area contributed by atoms with Gasteiger partial charge in [-0.15, -0.1) is 11.3 Å². The Morgan fingerprint density at radius 3 is 2.82 bits per heavy atom. The van der Waals surface area contributed by atoms with Crippen molar-refractivity contribution in [2.24, 2.45) is 0 Å². The quantitative estimate of drug-likeness (QED) is 0.386. The number of benzene rings is 1. The number of aryl methyl sites for hydroxylation is 1. The van der Waals surface area contributed by atoms with Crippen molar-refractivity contribution in [2.75, 3.05) is 20.2 Å². The maximum Gasteiger partial charge on any atom is 0.255 e. The van der Waals surface area contributed by atoms with Crippen molar-refractivity contribution >= 4 is 17.2 Å². The lowest BCUT2D eigenvalue weighted by molar-refractivity contribution is 0.0697. The molecular formula is C26H26N4O3S. The van der Waals surface area contributed by atoms with E-state index in [0.717, 1.165) is 52.7 Å². The number of amides is 1. The molecule has 0 aliphatic carbocycles. The normalized spacial score (nSPS) is 15.9. The van der Waals surface area contributed by atoms with E-state index in [1.807, 2.05) is 53.7 Å². The molecule has 4 heterocycles. The third-order valence-electron chi connectivity index (χ3n) is 6.18.